The van der Waals surface area contributed by atoms with Gasteiger partial charge in [-0.3, -0.25) is 9.69 Å². The van der Waals surface area contributed by atoms with E-state index in [2.05, 4.69) is 0 Å². The summed E-state index contributed by atoms with van der Waals surface area (Å²) in [7, 11) is 0. The molecule has 0 aromatic carbocycles. The summed E-state index contributed by atoms with van der Waals surface area (Å²) in [6.07, 6.45) is 0.773. The number of rotatable bonds is 2. The Bertz CT molecular complexity index is 351. The van der Waals surface area contributed by atoms with Crippen molar-refractivity contribution in [1.29, 1.82) is 0 Å². The zero-order valence-corrected chi connectivity index (χ0v) is 11.1. The molecule has 0 aliphatic carbocycles. The maximum atomic E-state index is 14.0. The average Bonchev–Trinajstić information content (AvgIpc) is 2.28. The highest BCUT2D eigenvalue weighted by Crippen LogP contribution is 2.50. The molecule has 2 saturated heterocycles. The molecule has 2 rings (SSSR count). The molecule has 5 heteroatoms. The second-order valence-corrected chi connectivity index (χ2v) is 6.65. The second-order valence-electron chi connectivity index (χ2n) is 6.65. The van der Waals surface area contributed by atoms with Crippen LogP contribution in [0.15, 0.2) is 0 Å². The Labute approximate surface area is 106 Å². The van der Waals surface area contributed by atoms with E-state index in [0.29, 0.717) is 12.8 Å². The molecule has 3 atom stereocenters. The van der Waals surface area contributed by atoms with E-state index in [-0.39, 0.29) is 30.3 Å². The Kier molecular flexibility index (Phi) is 3.16. The largest absolute Gasteiger partial charge is 0.481 e. The Morgan fingerprint density at radius 2 is 2.00 bits per heavy atom. The number of hydrogen-bond donors (Lipinski definition) is 1. The summed E-state index contributed by atoms with van der Waals surface area (Å²) in [6.45, 7) is 5.85. The van der Waals surface area contributed by atoms with Crippen LogP contribution in [0, 0.1) is 5.92 Å². The number of carboxylic acid groups (broad SMARTS) is 1. The van der Waals surface area contributed by atoms with Gasteiger partial charge < -0.3 is 5.11 Å². The lowest BCUT2D eigenvalue weighted by molar-refractivity contribution is -0.139. The van der Waals surface area contributed by atoms with Crippen molar-refractivity contribution in [2.75, 3.05) is 0 Å². The molecule has 3 nitrogen and oxygen atoms in total. The highest BCUT2D eigenvalue weighted by atomic mass is 19.3. The van der Waals surface area contributed by atoms with E-state index in [4.69, 9.17) is 5.11 Å². The fourth-order valence-corrected chi connectivity index (χ4v) is 3.71. The number of nitrogens with zero attached hydrogens (tertiary/aromatic N) is 1. The van der Waals surface area contributed by atoms with Crippen molar-refractivity contribution in [2.24, 2.45) is 5.92 Å². The molecular formula is C13H21F2NO2. The van der Waals surface area contributed by atoms with Gasteiger partial charge >= 0.3 is 5.97 Å². The Morgan fingerprint density at radius 1 is 1.39 bits per heavy atom. The molecule has 0 spiro atoms. The number of aliphatic carboxylic acids is 1. The predicted octanol–water partition coefficient (Wildman–Crippen LogP) is 2.75. The molecule has 2 aliphatic heterocycles. The van der Waals surface area contributed by atoms with E-state index >= 15 is 0 Å². The van der Waals surface area contributed by atoms with Crippen molar-refractivity contribution in [3.8, 4) is 0 Å². The van der Waals surface area contributed by atoms with Crippen molar-refractivity contribution in [2.45, 2.75) is 70.0 Å². The van der Waals surface area contributed by atoms with Crippen LogP contribution in [-0.2, 0) is 4.79 Å². The molecule has 0 amide bonds. The van der Waals surface area contributed by atoms with Crippen LogP contribution in [0.2, 0.25) is 0 Å². The van der Waals surface area contributed by atoms with E-state index in [1.165, 1.54) is 0 Å². The molecule has 2 bridgehead atoms. The smallest absolute Gasteiger partial charge is 0.303 e. The quantitative estimate of drug-likeness (QED) is 0.831. The van der Waals surface area contributed by atoms with Crippen LogP contribution < -0.4 is 0 Å². The van der Waals surface area contributed by atoms with Gasteiger partial charge in [-0.05, 0) is 39.5 Å². The van der Waals surface area contributed by atoms with Gasteiger partial charge in [-0.25, -0.2) is 8.78 Å². The maximum absolute atomic E-state index is 14.0. The summed E-state index contributed by atoms with van der Waals surface area (Å²) in [6, 6.07) is -0.969. The number of alkyl halides is 2. The fraction of sp³-hybridized carbons (Fsp3) is 0.923. The highest BCUT2D eigenvalue weighted by Gasteiger charge is 2.59. The molecular weight excluding hydrogens is 240 g/mol. The van der Waals surface area contributed by atoms with E-state index in [1.807, 2.05) is 25.7 Å². The summed E-state index contributed by atoms with van der Waals surface area (Å²) >= 11 is 0. The molecule has 104 valence electrons. The fourth-order valence-electron chi connectivity index (χ4n) is 3.71. The third-order valence-electron chi connectivity index (χ3n) is 4.12. The van der Waals surface area contributed by atoms with Crippen molar-refractivity contribution in [1.82, 2.24) is 4.90 Å². The molecule has 1 N–H and O–H groups in total. The first-order valence-corrected chi connectivity index (χ1v) is 6.49. The lowest BCUT2D eigenvalue weighted by Crippen LogP contribution is -2.55. The van der Waals surface area contributed by atoms with Gasteiger partial charge in [0, 0.05) is 24.4 Å². The van der Waals surface area contributed by atoms with Gasteiger partial charge in [-0.1, -0.05) is 0 Å². The topological polar surface area (TPSA) is 40.5 Å². The molecule has 2 aliphatic rings. The highest BCUT2D eigenvalue weighted by molar-refractivity contribution is 5.67. The SMILES string of the molecule is CC(C)(C)N1[C@@H]2C[C@H](CC(=O)O)C[C@H]1C(F)(F)C2. The van der Waals surface area contributed by atoms with Gasteiger partial charge in [0.1, 0.15) is 0 Å². The van der Waals surface area contributed by atoms with Crippen molar-refractivity contribution >= 4 is 5.97 Å². The van der Waals surface area contributed by atoms with Crippen LogP contribution in [0.1, 0.15) is 46.5 Å². The predicted molar refractivity (Wildman–Crippen MR) is 63.7 cm³/mol. The molecule has 2 fully saturated rings. The van der Waals surface area contributed by atoms with E-state index < -0.39 is 17.9 Å². The molecule has 0 unspecified atom stereocenters. The molecule has 0 saturated carbocycles. The molecule has 0 aromatic rings. The minimum absolute atomic E-state index is 0.0149. The summed E-state index contributed by atoms with van der Waals surface area (Å²) in [5.41, 5.74) is -0.288. The van der Waals surface area contributed by atoms with Crippen LogP contribution in [0.25, 0.3) is 0 Å². The van der Waals surface area contributed by atoms with Crippen LogP contribution in [0.5, 0.6) is 0 Å². The first-order chi connectivity index (χ1) is 8.11. The van der Waals surface area contributed by atoms with Gasteiger partial charge in [-0.15, -0.1) is 0 Å². The van der Waals surface area contributed by atoms with Crippen LogP contribution in [0.3, 0.4) is 0 Å². The van der Waals surface area contributed by atoms with Gasteiger partial charge in [-0.2, -0.15) is 0 Å². The van der Waals surface area contributed by atoms with E-state index in [0.717, 1.165) is 0 Å². The lowest BCUT2D eigenvalue weighted by Gasteiger charge is -2.46. The van der Waals surface area contributed by atoms with Gasteiger partial charge in [0.2, 0.25) is 0 Å². The minimum atomic E-state index is -2.68. The number of carbonyl (C=O) groups is 1. The van der Waals surface area contributed by atoms with Crippen LogP contribution >= 0.6 is 0 Å². The molecule has 0 aromatic heterocycles. The molecule has 18 heavy (non-hydrogen) atoms. The van der Waals surface area contributed by atoms with Crippen molar-refractivity contribution in [3.63, 3.8) is 0 Å². The average molecular weight is 261 g/mol. The summed E-state index contributed by atoms with van der Waals surface area (Å²) in [5.74, 6) is -3.66. The Morgan fingerprint density at radius 3 is 2.44 bits per heavy atom. The first-order valence-electron chi connectivity index (χ1n) is 6.49. The van der Waals surface area contributed by atoms with Gasteiger partial charge in [0.05, 0.1) is 6.04 Å². The number of carboxylic acids is 1. The van der Waals surface area contributed by atoms with E-state index in [9.17, 15) is 13.6 Å². The number of piperidine rings is 1. The number of fused-ring (bicyclic) bond motifs is 2. The monoisotopic (exact) mass is 261 g/mol. The van der Waals surface area contributed by atoms with Gasteiger partial charge in [0.25, 0.3) is 5.92 Å². The zero-order valence-electron chi connectivity index (χ0n) is 11.1. The Hall–Kier alpha value is -0.710. The van der Waals surface area contributed by atoms with Crippen molar-refractivity contribution in [3.05, 3.63) is 0 Å². The van der Waals surface area contributed by atoms with Crippen LogP contribution in [0.4, 0.5) is 8.78 Å². The zero-order chi connectivity index (χ0) is 13.7. The summed E-state index contributed by atoms with van der Waals surface area (Å²) in [5, 5.41) is 8.81. The first kappa shape index (κ1) is 13.7. The van der Waals surface area contributed by atoms with Gasteiger partial charge in [0.15, 0.2) is 0 Å². The lowest BCUT2D eigenvalue weighted by atomic mass is 9.85. The third-order valence-corrected chi connectivity index (χ3v) is 4.12. The number of halogens is 2. The summed E-state index contributed by atoms with van der Waals surface area (Å²) < 4.78 is 28.0. The van der Waals surface area contributed by atoms with Crippen LogP contribution in [-0.4, -0.2) is 39.5 Å². The molecule has 0 radical (unpaired) electrons. The standard InChI is InChI=1S/C13H21F2NO2/c1-12(2,3)16-9-4-8(6-11(17)18)5-10(16)13(14,15)7-9/h8-10H,4-7H2,1-3H3,(H,17,18)/t8-,9+,10-/m0/s1. The number of hydrogen-bond acceptors (Lipinski definition) is 2. The van der Waals surface area contributed by atoms with Crippen molar-refractivity contribution < 1.29 is 18.7 Å². The summed E-state index contributed by atoms with van der Waals surface area (Å²) in [4.78, 5) is 12.6. The second kappa shape index (κ2) is 4.15. The maximum Gasteiger partial charge on any atom is 0.303 e. The van der Waals surface area contributed by atoms with E-state index in [1.54, 1.807) is 0 Å². The third kappa shape index (κ3) is 2.37. The minimum Gasteiger partial charge on any atom is -0.481 e. The Balaban J connectivity index is 2.20. The normalized spacial score (nSPS) is 35.7. The molecule has 2 heterocycles.